The van der Waals surface area contributed by atoms with Gasteiger partial charge in [-0.05, 0) is 48.2 Å². The highest BCUT2D eigenvalue weighted by molar-refractivity contribution is 5.96. The largest absolute Gasteiger partial charge is 0.497 e. The zero-order valence-electron chi connectivity index (χ0n) is 18.4. The van der Waals surface area contributed by atoms with Gasteiger partial charge in [0.1, 0.15) is 5.75 Å². The predicted molar refractivity (Wildman–Crippen MR) is 123 cm³/mol. The van der Waals surface area contributed by atoms with E-state index < -0.39 is 5.41 Å². The summed E-state index contributed by atoms with van der Waals surface area (Å²) < 4.78 is 5.26. The van der Waals surface area contributed by atoms with Crippen molar-refractivity contribution in [3.05, 3.63) is 84.2 Å². The van der Waals surface area contributed by atoms with Crippen LogP contribution in [0.1, 0.15) is 22.3 Å². The molecule has 0 saturated carbocycles. The van der Waals surface area contributed by atoms with Gasteiger partial charge in [-0.25, -0.2) is 0 Å². The molecule has 0 spiro atoms. The first kappa shape index (κ1) is 21.6. The van der Waals surface area contributed by atoms with Gasteiger partial charge in [-0.15, -0.1) is 0 Å². The van der Waals surface area contributed by atoms with E-state index in [0.29, 0.717) is 37.2 Å². The zero-order valence-corrected chi connectivity index (χ0v) is 18.4. The van der Waals surface area contributed by atoms with Crippen LogP contribution in [0.5, 0.6) is 5.75 Å². The van der Waals surface area contributed by atoms with E-state index in [2.05, 4.69) is 22.4 Å². The minimum Gasteiger partial charge on any atom is -0.497 e. The van der Waals surface area contributed by atoms with Crippen molar-refractivity contribution in [1.29, 1.82) is 0 Å². The van der Waals surface area contributed by atoms with Gasteiger partial charge in [0, 0.05) is 43.7 Å². The summed E-state index contributed by atoms with van der Waals surface area (Å²) in [7, 11) is 3.24. The highest BCUT2D eigenvalue weighted by Gasteiger charge is 2.46. The fourth-order valence-corrected chi connectivity index (χ4v) is 4.50. The monoisotopic (exact) mass is 429 g/mol. The summed E-state index contributed by atoms with van der Waals surface area (Å²) >= 11 is 0. The maximum Gasteiger partial charge on any atom is 0.254 e. The van der Waals surface area contributed by atoms with Gasteiger partial charge in [-0.1, -0.05) is 36.4 Å². The van der Waals surface area contributed by atoms with E-state index in [4.69, 9.17) is 4.74 Å². The maximum atomic E-state index is 13.2. The molecule has 4 rings (SSSR count). The molecule has 1 atom stereocenters. The fourth-order valence-electron chi connectivity index (χ4n) is 4.50. The van der Waals surface area contributed by atoms with Crippen molar-refractivity contribution in [2.75, 3.05) is 27.2 Å². The van der Waals surface area contributed by atoms with E-state index >= 15 is 0 Å². The van der Waals surface area contributed by atoms with E-state index in [-0.39, 0.29) is 11.8 Å². The van der Waals surface area contributed by atoms with Crippen LogP contribution in [-0.2, 0) is 11.2 Å². The number of ether oxygens (including phenoxy) is 1. The molecule has 1 fully saturated rings. The lowest BCUT2D eigenvalue weighted by molar-refractivity contribution is -0.129. The molecule has 1 aliphatic rings. The van der Waals surface area contributed by atoms with Crippen LogP contribution in [0.3, 0.4) is 0 Å². The van der Waals surface area contributed by atoms with E-state index in [1.54, 1.807) is 43.5 Å². The van der Waals surface area contributed by atoms with Gasteiger partial charge in [-0.3, -0.25) is 14.6 Å². The predicted octanol–water partition coefficient (Wildman–Crippen LogP) is 3.58. The Hall–Kier alpha value is -3.67. The van der Waals surface area contributed by atoms with E-state index in [1.165, 1.54) is 0 Å². The Morgan fingerprint density at radius 3 is 2.72 bits per heavy atom. The summed E-state index contributed by atoms with van der Waals surface area (Å²) in [6.45, 7) is 0.891. The van der Waals surface area contributed by atoms with Crippen LogP contribution < -0.4 is 10.1 Å². The summed E-state index contributed by atoms with van der Waals surface area (Å²) in [6.07, 6.45) is 4.72. The number of benzene rings is 2. The smallest absolute Gasteiger partial charge is 0.254 e. The van der Waals surface area contributed by atoms with Crippen LogP contribution >= 0.6 is 0 Å². The Kier molecular flexibility index (Phi) is 6.21. The van der Waals surface area contributed by atoms with Gasteiger partial charge in [0.15, 0.2) is 0 Å². The Morgan fingerprint density at radius 1 is 1.12 bits per heavy atom. The minimum absolute atomic E-state index is 0.0422. The number of amides is 2. The molecule has 1 aromatic heterocycles. The number of carbonyl (C=O) groups is 2. The van der Waals surface area contributed by atoms with Gasteiger partial charge in [0.2, 0.25) is 5.91 Å². The number of hydrogen-bond acceptors (Lipinski definition) is 4. The van der Waals surface area contributed by atoms with Crippen molar-refractivity contribution in [2.24, 2.45) is 5.41 Å². The molecule has 1 saturated heterocycles. The SMILES string of the molecule is CNC(=O)[C@@]1(Cc2ccccc2-c2cccnc2)CCN(C(=O)c2cccc(OC)c2)C1. The molecule has 32 heavy (non-hydrogen) atoms. The number of rotatable bonds is 6. The molecular weight excluding hydrogens is 402 g/mol. The molecule has 0 aliphatic carbocycles. The zero-order chi connectivity index (χ0) is 22.6. The van der Waals surface area contributed by atoms with Gasteiger partial charge >= 0.3 is 0 Å². The summed E-state index contributed by atoms with van der Waals surface area (Å²) in [5.74, 6) is 0.507. The Bertz CT molecular complexity index is 1120. The average molecular weight is 430 g/mol. The Balaban J connectivity index is 1.63. The third-order valence-electron chi connectivity index (χ3n) is 6.19. The standard InChI is InChI=1S/C26H27N3O3/c1-27-25(31)26(16-20-7-3-4-11-23(20)21-9-6-13-28-17-21)12-14-29(18-26)24(30)19-8-5-10-22(15-19)32-2/h3-11,13,15,17H,12,14,16,18H2,1-2H3,(H,27,31)/t26-/m1/s1. The third-order valence-corrected chi connectivity index (χ3v) is 6.19. The van der Waals surface area contributed by atoms with E-state index in [9.17, 15) is 9.59 Å². The molecule has 0 unspecified atom stereocenters. The molecule has 1 aliphatic heterocycles. The molecule has 2 amide bonds. The van der Waals surface area contributed by atoms with Crippen molar-refractivity contribution in [3.8, 4) is 16.9 Å². The summed E-state index contributed by atoms with van der Waals surface area (Å²) in [5.41, 5.74) is 3.01. The number of methoxy groups -OCH3 is 1. The van der Waals surface area contributed by atoms with Crippen LogP contribution in [-0.4, -0.2) is 48.9 Å². The van der Waals surface area contributed by atoms with Crippen LogP contribution in [0, 0.1) is 5.41 Å². The average Bonchev–Trinajstić information content (AvgIpc) is 3.29. The van der Waals surface area contributed by atoms with Crippen molar-refractivity contribution in [3.63, 3.8) is 0 Å². The van der Waals surface area contributed by atoms with Crippen molar-refractivity contribution in [1.82, 2.24) is 15.2 Å². The minimum atomic E-state index is -0.693. The Morgan fingerprint density at radius 2 is 1.97 bits per heavy atom. The molecule has 6 nitrogen and oxygen atoms in total. The fraction of sp³-hybridized carbons (Fsp3) is 0.269. The highest BCUT2D eigenvalue weighted by Crippen LogP contribution is 2.38. The van der Waals surface area contributed by atoms with Gasteiger partial charge in [0.25, 0.3) is 5.91 Å². The van der Waals surface area contributed by atoms with Crippen LogP contribution in [0.4, 0.5) is 0 Å². The first-order valence-corrected chi connectivity index (χ1v) is 10.7. The molecule has 2 aromatic carbocycles. The Labute approximate surface area is 188 Å². The molecule has 3 aromatic rings. The lowest BCUT2D eigenvalue weighted by atomic mass is 9.78. The van der Waals surface area contributed by atoms with Gasteiger partial charge in [0.05, 0.1) is 12.5 Å². The van der Waals surface area contributed by atoms with Gasteiger partial charge < -0.3 is 15.0 Å². The molecular formula is C26H27N3O3. The lowest BCUT2D eigenvalue weighted by Gasteiger charge is -2.28. The quantitative estimate of drug-likeness (QED) is 0.650. The topological polar surface area (TPSA) is 71.5 Å². The molecule has 0 bridgehead atoms. The van der Waals surface area contributed by atoms with E-state index in [0.717, 1.165) is 16.7 Å². The second-order valence-electron chi connectivity index (χ2n) is 8.14. The number of carbonyl (C=O) groups excluding carboxylic acids is 2. The number of nitrogens with zero attached hydrogens (tertiary/aromatic N) is 2. The highest BCUT2D eigenvalue weighted by atomic mass is 16.5. The van der Waals surface area contributed by atoms with Gasteiger partial charge in [-0.2, -0.15) is 0 Å². The summed E-state index contributed by atoms with van der Waals surface area (Å²) in [4.78, 5) is 32.3. The first-order chi connectivity index (χ1) is 15.6. The molecule has 6 heteroatoms. The second-order valence-corrected chi connectivity index (χ2v) is 8.14. The van der Waals surface area contributed by atoms with Crippen molar-refractivity contribution >= 4 is 11.8 Å². The molecule has 0 radical (unpaired) electrons. The second kappa shape index (κ2) is 9.22. The number of nitrogens with one attached hydrogen (secondary N) is 1. The number of aromatic nitrogens is 1. The third kappa shape index (κ3) is 4.21. The van der Waals surface area contributed by atoms with E-state index in [1.807, 2.05) is 36.5 Å². The molecule has 1 N–H and O–H groups in total. The first-order valence-electron chi connectivity index (χ1n) is 10.7. The molecule has 164 valence electrons. The number of likely N-dealkylation sites (tertiary alicyclic amines) is 1. The summed E-state index contributed by atoms with van der Waals surface area (Å²) in [6, 6.07) is 19.1. The van der Waals surface area contributed by atoms with Crippen LogP contribution in [0.25, 0.3) is 11.1 Å². The molecule has 2 heterocycles. The maximum absolute atomic E-state index is 13.2. The van der Waals surface area contributed by atoms with Crippen molar-refractivity contribution < 1.29 is 14.3 Å². The van der Waals surface area contributed by atoms with Crippen molar-refractivity contribution in [2.45, 2.75) is 12.8 Å². The summed E-state index contributed by atoms with van der Waals surface area (Å²) in [5, 5.41) is 2.84. The van der Waals surface area contributed by atoms with Crippen LogP contribution in [0.2, 0.25) is 0 Å². The number of pyridine rings is 1. The van der Waals surface area contributed by atoms with Crippen LogP contribution in [0.15, 0.2) is 73.1 Å². The lowest BCUT2D eigenvalue weighted by Crippen LogP contribution is -2.44. The normalized spacial score (nSPS) is 17.8. The number of hydrogen-bond donors (Lipinski definition) is 1.